The molecule has 1 aliphatic rings. The van der Waals surface area contributed by atoms with Crippen molar-refractivity contribution in [3.05, 3.63) is 76.6 Å². The average Bonchev–Trinajstić information content (AvgIpc) is 3.26. The van der Waals surface area contributed by atoms with Crippen molar-refractivity contribution in [2.75, 3.05) is 31.1 Å². The molecule has 33 heavy (non-hydrogen) atoms. The van der Waals surface area contributed by atoms with Gasteiger partial charge in [0.25, 0.3) is 5.91 Å². The lowest BCUT2D eigenvalue weighted by atomic mass is 10.0. The van der Waals surface area contributed by atoms with Crippen LogP contribution in [0.5, 0.6) is 0 Å². The van der Waals surface area contributed by atoms with Gasteiger partial charge in [0.15, 0.2) is 0 Å². The number of benzene rings is 1. The topological polar surface area (TPSA) is 92.6 Å². The highest BCUT2D eigenvalue weighted by Gasteiger charge is 2.25. The smallest absolute Gasteiger partial charge is 0.272 e. The number of fused-ring (bicyclic) bond motifs is 1. The fourth-order valence-corrected chi connectivity index (χ4v) is 4.61. The van der Waals surface area contributed by atoms with Gasteiger partial charge in [-0.25, -0.2) is 9.97 Å². The van der Waals surface area contributed by atoms with Crippen LogP contribution in [0.1, 0.15) is 16.1 Å². The number of imidazole rings is 1. The molecule has 0 aliphatic carbocycles. The van der Waals surface area contributed by atoms with E-state index in [1.807, 2.05) is 23.2 Å². The van der Waals surface area contributed by atoms with E-state index < -0.39 is 0 Å². The lowest BCUT2D eigenvalue weighted by Crippen LogP contribution is -2.49. The molecule has 2 N–H and O–H groups in total. The van der Waals surface area contributed by atoms with E-state index in [4.69, 9.17) is 28.9 Å². The predicted octanol–water partition coefficient (Wildman–Crippen LogP) is 3.52. The second-order valence-electron chi connectivity index (χ2n) is 7.76. The van der Waals surface area contributed by atoms with Crippen LogP contribution in [-0.4, -0.2) is 56.3 Å². The second kappa shape index (κ2) is 8.97. The van der Waals surface area contributed by atoms with Crippen molar-refractivity contribution >= 4 is 40.6 Å². The Morgan fingerprint density at radius 1 is 1.00 bits per heavy atom. The summed E-state index contributed by atoms with van der Waals surface area (Å²) in [7, 11) is 0. The Morgan fingerprint density at radius 3 is 2.52 bits per heavy atom. The normalized spacial score (nSPS) is 14.2. The molecule has 0 saturated carbocycles. The van der Waals surface area contributed by atoms with Crippen LogP contribution in [0.4, 0.5) is 5.82 Å². The third-order valence-corrected chi connectivity index (χ3v) is 6.38. The van der Waals surface area contributed by atoms with Gasteiger partial charge in [0.05, 0.1) is 12.4 Å². The van der Waals surface area contributed by atoms with Crippen LogP contribution in [0.2, 0.25) is 10.0 Å². The molecule has 1 saturated heterocycles. The molecule has 168 valence electrons. The Kier molecular flexibility index (Phi) is 5.88. The number of carbonyl (C=O) groups excluding carboxylic acids is 1. The number of pyridine rings is 1. The van der Waals surface area contributed by atoms with Gasteiger partial charge in [-0.2, -0.15) is 0 Å². The van der Waals surface area contributed by atoms with Gasteiger partial charge in [-0.05, 0) is 23.8 Å². The first-order valence-electron chi connectivity index (χ1n) is 10.5. The van der Waals surface area contributed by atoms with Crippen LogP contribution in [0.3, 0.4) is 0 Å². The van der Waals surface area contributed by atoms with E-state index >= 15 is 0 Å². The molecule has 1 aromatic carbocycles. The first kappa shape index (κ1) is 21.6. The monoisotopic (exact) mass is 481 g/mol. The molecule has 0 atom stereocenters. The van der Waals surface area contributed by atoms with Gasteiger partial charge < -0.3 is 15.5 Å². The van der Waals surface area contributed by atoms with Crippen molar-refractivity contribution in [2.45, 2.75) is 6.54 Å². The number of anilines is 1. The van der Waals surface area contributed by atoms with Crippen LogP contribution in [0.15, 0.2) is 55.2 Å². The SMILES string of the molecule is NCc1cc2ncc(C(=O)N3CCN(c4cnccn4)CC3)n2cc1-c1ccc(Cl)cc1Cl. The van der Waals surface area contributed by atoms with E-state index in [-0.39, 0.29) is 5.91 Å². The maximum absolute atomic E-state index is 13.4. The largest absolute Gasteiger partial charge is 0.352 e. The average molecular weight is 482 g/mol. The van der Waals surface area contributed by atoms with Crippen LogP contribution < -0.4 is 10.6 Å². The fourth-order valence-electron chi connectivity index (χ4n) is 4.10. The van der Waals surface area contributed by atoms with Crippen molar-refractivity contribution < 1.29 is 4.79 Å². The summed E-state index contributed by atoms with van der Waals surface area (Å²) in [5.74, 6) is 0.744. The van der Waals surface area contributed by atoms with Gasteiger partial charge in [0, 0.05) is 72.5 Å². The van der Waals surface area contributed by atoms with Crippen LogP contribution in [0, 0.1) is 0 Å². The Labute approximate surface area is 200 Å². The van der Waals surface area contributed by atoms with Crippen molar-refractivity contribution in [3.8, 4) is 11.1 Å². The van der Waals surface area contributed by atoms with E-state index in [9.17, 15) is 4.79 Å². The highest BCUT2D eigenvalue weighted by Crippen LogP contribution is 2.33. The zero-order valence-corrected chi connectivity index (χ0v) is 19.2. The zero-order chi connectivity index (χ0) is 22.9. The number of hydrogen-bond donors (Lipinski definition) is 1. The number of hydrogen-bond acceptors (Lipinski definition) is 6. The molecule has 1 amide bonds. The molecule has 4 heterocycles. The van der Waals surface area contributed by atoms with Crippen LogP contribution >= 0.6 is 23.2 Å². The molecule has 0 radical (unpaired) electrons. The summed E-state index contributed by atoms with van der Waals surface area (Å²) in [6.45, 7) is 2.85. The number of nitrogens with two attached hydrogens (primary N) is 1. The quantitative estimate of drug-likeness (QED) is 0.479. The number of nitrogens with zero attached hydrogens (tertiary/aromatic N) is 6. The first-order chi connectivity index (χ1) is 16.0. The molecule has 0 bridgehead atoms. The molecule has 10 heteroatoms. The van der Waals surface area contributed by atoms with Gasteiger partial charge in [-0.1, -0.05) is 29.3 Å². The summed E-state index contributed by atoms with van der Waals surface area (Å²) in [5.41, 5.74) is 9.68. The molecule has 4 aromatic rings. The standard InChI is InChI=1S/C23H21Cl2N7O/c24-16-1-2-17(19(25)10-16)18-14-32-20(12-29-21(32)9-15(18)11-26)23(33)31-7-5-30(6-8-31)22-13-27-3-4-28-22/h1-4,9-10,12-14H,5-8,11,26H2. The molecule has 1 aliphatic heterocycles. The number of rotatable bonds is 4. The van der Waals surface area contributed by atoms with E-state index in [2.05, 4.69) is 19.9 Å². The Balaban J connectivity index is 1.45. The summed E-state index contributed by atoms with van der Waals surface area (Å²) >= 11 is 12.5. The van der Waals surface area contributed by atoms with E-state index in [0.29, 0.717) is 54.1 Å². The summed E-state index contributed by atoms with van der Waals surface area (Å²) in [4.78, 5) is 30.3. The van der Waals surface area contributed by atoms with E-state index in [1.165, 1.54) is 0 Å². The number of amides is 1. The van der Waals surface area contributed by atoms with E-state index in [0.717, 1.165) is 22.5 Å². The molecule has 3 aromatic heterocycles. The zero-order valence-electron chi connectivity index (χ0n) is 17.7. The van der Waals surface area contributed by atoms with Crippen LogP contribution in [0.25, 0.3) is 16.8 Å². The number of carbonyl (C=O) groups is 1. The van der Waals surface area contributed by atoms with E-state index in [1.54, 1.807) is 41.3 Å². The van der Waals surface area contributed by atoms with Gasteiger partial charge in [-0.3, -0.25) is 14.2 Å². The molecule has 1 fully saturated rings. The minimum Gasteiger partial charge on any atom is -0.352 e. The van der Waals surface area contributed by atoms with Gasteiger partial charge in [-0.15, -0.1) is 0 Å². The van der Waals surface area contributed by atoms with Crippen molar-refractivity contribution in [2.24, 2.45) is 5.73 Å². The molecular weight excluding hydrogens is 461 g/mol. The molecule has 0 unspecified atom stereocenters. The van der Waals surface area contributed by atoms with Gasteiger partial charge in [0.1, 0.15) is 17.2 Å². The van der Waals surface area contributed by atoms with Crippen LogP contribution in [-0.2, 0) is 6.54 Å². The predicted molar refractivity (Wildman–Crippen MR) is 129 cm³/mol. The van der Waals surface area contributed by atoms with Crippen molar-refractivity contribution in [1.29, 1.82) is 0 Å². The lowest BCUT2D eigenvalue weighted by Gasteiger charge is -2.35. The molecule has 5 rings (SSSR count). The molecule has 0 spiro atoms. The second-order valence-corrected chi connectivity index (χ2v) is 8.60. The van der Waals surface area contributed by atoms with Gasteiger partial charge >= 0.3 is 0 Å². The summed E-state index contributed by atoms with van der Waals surface area (Å²) in [6, 6.07) is 7.22. The minimum absolute atomic E-state index is 0.0741. The fraction of sp³-hybridized carbons (Fsp3) is 0.217. The maximum atomic E-state index is 13.4. The number of piperazine rings is 1. The van der Waals surface area contributed by atoms with Crippen molar-refractivity contribution in [3.63, 3.8) is 0 Å². The minimum atomic E-state index is -0.0741. The highest BCUT2D eigenvalue weighted by molar-refractivity contribution is 6.36. The number of halogens is 2. The molecule has 8 nitrogen and oxygen atoms in total. The Morgan fingerprint density at radius 2 is 1.82 bits per heavy atom. The first-order valence-corrected chi connectivity index (χ1v) is 11.3. The maximum Gasteiger partial charge on any atom is 0.272 e. The summed E-state index contributed by atoms with van der Waals surface area (Å²) in [6.07, 6.45) is 8.55. The van der Waals surface area contributed by atoms with Crippen molar-refractivity contribution in [1.82, 2.24) is 24.3 Å². The van der Waals surface area contributed by atoms with Gasteiger partial charge in [0.2, 0.25) is 0 Å². The Hall–Kier alpha value is -3.20. The Bertz CT molecular complexity index is 1320. The summed E-state index contributed by atoms with van der Waals surface area (Å²) < 4.78 is 1.80. The molecular formula is C23H21Cl2N7O. The summed E-state index contributed by atoms with van der Waals surface area (Å²) in [5, 5.41) is 1.07. The third-order valence-electron chi connectivity index (χ3n) is 5.83. The lowest BCUT2D eigenvalue weighted by molar-refractivity contribution is 0.0739. The number of aromatic nitrogens is 4. The third kappa shape index (κ3) is 4.13. The highest BCUT2D eigenvalue weighted by atomic mass is 35.5.